The van der Waals surface area contributed by atoms with E-state index in [1.807, 2.05) is 0 Å². The first kappa shape index (κ1) is 14.1. The zero-order valence-corrected chi connectivity index (χ0v) is 9.94. The molecule has 1 aromatic carbocycles. The quantitative estimate of drug-likeness (QED) is 0.629. The van der Waals surface area contributed by atoms with E-state index < -0.39 is 31.0 Å². The van der Waals surface area contributed by atoms with Gasteiger partial charge in [0.1, 0.15) is 19.0 Å². The van der Waals surface area contributed by atoms with Crippen LogP contribution >= 0.6 is 15.9 Å². The molecule has 0 heterocycles. The summed E-state index contributed by atoms with van der Waals surface area (Å²) in [6, 6.07) is 3.61. The fourth-order valence-electron chi connectivity index (χ4n) is 1.05. The number of ketones is 1. The number of carbonyl (C=O) groups excluding carboxylic acids is 1. The van der Waals surface area contributed by atoms with Gasteiger partial charge in [0.25, 0.3) is 0 Å². The third kappa shape index (κ3) is 4.82. The Hall–Kier alpha value is -0.950. The predicted octanol–water partition coefficient (Wildman–Crippen LogP) is 3.35. The van der Waals surface area contributed by atoms with Crippen molar-refractivity contribution in [3.05, 3.63) is 34.1 Å². The molecule has 0 fully saturated rings. The predicted molar refractivity (Wildman–Crippen MR) is 55.3 cm³/mol. The van der Waals surface area contributed by atoms with Crippen LogP contribution in [0.15, 0.2) is 22.7 Å². The second-order valence-corrected chi connectivity index (χ2v) is 4.07. The van der Waals surface area contributed by atoms with E-state index in [0.717, 1.165) is 6.07 Å². The molecule has 1 rings (SSSR count). The van der Waals surface area contributed by atoms with Crippen LogP contribution in [0.1, 0.15) is 10.4 Å². The number of halogens is 5. The van der Waals surface area contributed by atoms with Gasteiger partial charge in [0.15, 0.2) is 5.78 Å². The number of Topliss-reactive ketones (excluding diaryl/α,β-unsaturated/α-hetero) is 1. The number of hydrogen-bond donors (Lipinski definition) is 0. The minimum atomic E-state index is -4.50. The first-order valence-electron chi connectivity index (χ1n) is 4.42. The molecule has 17 heavy (non-hydrogen) atoms. The van der Waals surface area contributed by atoms with Crippen LogP contribution < -0.4 is 0 Å². The summed E-state index contributed by atoms with van der Waals surface area (Å²) in [5.41, 5.74) is -0.304. The highest BCUT2D eigenvalue weighted by Gasteiger charge is 2.28. The van der Waals surface area contributed by atoms with Gasteiger partial charge in [-0.25, -0.2) is 4.39 Å². The standard InChI is InChI=1S/C10H7BrF4O2/c11-6-1-2-8(12)7(3-6)9(16)4-17-5-10(13,14)15/h1-3H,4-5H2. The largest absolute Gasteiger partial charge is 0.411 e. The van der Waals surface area contributed by atoms with E-state index >= 15 is 0 Å². The van der Waals surface area contributed by atoms with Crippen molar-refractivity contribution in [2.75, 3.05) is 13.2 Å². The fourth-order valence-corrected chi connectivity index (χ4v) is 1.41. The Morgan fingerprint density at radius 1 is 1.35 bits per heavy atom. The van der Waals surface area contributed by atoms with Gasteiger partial charge in [-0.2, -0.15) is 13.2 Å². The van der Waals surface area contributed by atoms with Crippen LogP contribution in [0.5, 0.6) is 0 Å². The van der Waals surface area contributed by atoms with Gasteiger partial charge >= 0.3 is 6.18 Å². The molecule has 2 nitrogen and oxygen atoms in total. The van der Waals surface area contributed by atoms with E-state index in [2.05, 4.69) is 20.7 Å². The Morgan fingerprint density at radius 2 is 2.00 bits per heavy atom. The van der Waals surface area contributed by atoms with Gasteiger partial charge in [0, 0.05) is 4.47 Å². The van der Waals surface area contributed by atoms with Crippen LogP contribution in [0.25, 0.3) is 0 Å². The van der Waals surface area contributed by atoms with Crippen molar-refractivity contribution in [1.82, 2.24) is 0 Å². The second-order valence-electron chi connectivity index (χ2n) is 3.16. The van der Waals surface area contributed by atoms with E-state index in [1.54, 1.807) is 0 Å². The zero-order chi connectivity index (χ0) is 13.1. The number of carbonyl (C=O) groups is 1. The number of rotatable bonds is 4. The van der Waals surface area contributed by atoms with Gasteiger partial charge in [0.2, 0.25) is 0 Å². The highest BCUT2D eigenvalue weighted by Crippen LogP contribution is 2.17. The number of ether oxygens (including phenoxy) is 1. The average molecular weight is 315 g/mol. The molecule has 0 aliphatic heterocycles. The minimum absolute atomic E-state index is 0.304. The topological polar surface area (TPSA) is 26.3 Å². The maximum atomic E-state index is 13.2. The summed E-state index contributed by atoms with van der Waals surface area (Å²) in [7, 11) is 0. The number of alkyl halides is 3. The summed E-state index contributed by atoms with van der Waals surface area (Å²) < 4.78 is 53.0. The molecule has 0 saturated carbocycles. The molecular weight excluding hydrogens is 308 g/mol. The smallest absolute Gasteiger partial charge is 0.364 e. The third-order valence-electron chi connectivity index (χ3n) is 1.73. The lowest BCUT2D eigenvalue weighted by Crippen LogP contribution is -2.20. The Morgan fingerprint density at radius 3 is 2.59 bits per heavy atom. The highest BCUT2D eigenvalue weighted by atomic mass is 79.9. The summed E-state index contributed by atoms with van der Waals surface area (Å²) in [6.07, 6.45) is -4.50. The zero-order valence-electron chi connectivity index (χ0n) is 8.35. The number of hydrogen-bond acceptors (Lipinski definition) is 2. The first-order chi connectivity index (χ1) is 7.79. The lowest BCUT2D eigenvalue weighted by molar-refractivity contribution is -0.170. The van der Waals surface area contributed by atoms with Gasteiger partial charge in [-0.15, -0.1) is 0 Å². The molecule has 7 heteroatoms. The summed E-state index contributed by atoms with van der Waals surface area (Å²) in [5, 5.41) is 0. The summed E-state index contributed by atoms with van der Waals surface area (Å²) in [5.74, 6) is -1.64. The van der Waals surface area contributed by atoms with E-state index in [4.69, 9.17) is 0 Å². The molecule has 0 aliphatic rings. The molecule has 0 aliphatic carbocycles. The van der Waals surface area contributed by atoms with Crippen LogP contribution in [0.4, 0.5) is 17.6 Å². The van der Waals surface area contributed by atoms with Crippen molar-refractivity contribution < 1.29 is 27.1 Å². The van der Waals surface area contributed by atoms with Crippen molar-refractivity contribution in [2.45, 2.75) is 6.18 Å². The monoisotopic (exact) mass is 314 g/mol. The number of benzene rings is 1. The molecular formula is C10H7BrF4O2. The van der Waals surface area contributed by atoms with Crippen molar-refractivity contribution in [2.24, 2.45) is 0 Å². The molecule has 94 valence electrons. The van der Waals surface area contributed by atoms with Gasteiger partial charge in [0.05, 0.1) is 5.56 Å². The Balaban J connectivity index is 2.61. The molecule has 0 saturated heterocycles. The SMILES string of the molecule is O=C(COCC(F)(F)F)c1cc(Br)ccc1F. The summed E-state index contributed by atoms with van der Waals surface area (Å²) >= 11 is 3.02. The second kappa shape index (κ2) is 5.59. The van der Waals surface area contributed by atoms with E-state index in [-0.39, 0.29) is 5.56 Å². The average Bonchev–Trinajstić information content (AvgIpc) is 2.19. The first-order valence-corrected chi connectivity index (χ1v) is 5.21. The van der Waals surface area contributed by atoms with Gasteiger partial charge in [-0.05, 0) is 18.2 Å². The van der Waals surface area contributed by atoms with Crippen molar-refractivity contribution in [3.8, 4) is 0 Å². The molecule has 0 aromatic heterocycles. The maximum Gasteiger partial charge on any atom is 0.411 e. The van der Waals surface area contributed by atoms with E-state index in [1.165, 1.54) is 12.1 Å². The van der Waals surface area contributed by atoms with E-state index in [0.29, 0.717) is 4.47 Å². The Labute approximate surface area is 103 Å². The van der Waals surface area contributed by atoms with E-state index in [9.17, 15) is 22.4 Å². The molecule has 0 atom stereocenters. The Bertz CT molecular complexity index is 417. The summed E-state index contributed by atoms with van der Waals surface area (Å²) in [4.78, 5) is 11.4. The molecule has 0 bridgehead atoms. The highest BCUT2D eigenvalue weighted by molar-refractivity contribution is 9.10. The van der Waals surface area contributed by atoms with Crippen LogP contribution in [-0.2, 0) is 4.74 Å². The lowest BCUT2D eigenvalue weighted by Gasteiger charge is -2.07. The van der Waals surface area contributed by atoms with Crippen LogP contribution in [0.3, 0.4) is 0 Å². The maximum absolute atomic E-state index is 13.2. The van der Waals surface area contributed by atoms with Gasteiger partial charge < -0.3 is 4.74 Å². The molecule has 0 radical (unpaired) electrons. The summed E-state index contributed by atoms with van der Waals surface area (Å²) in [6.45, 7) is -2.35. The minimum Gasteiger partial charge on any atom is -0.364 e. The van der Waals surface area contributed by atoms with Crippen LogP contribution in [0.2, 0.25) is 0 Å². The third-order valence-corrected chi connectivity index (χ3v) is 2.22. The molecule has 1 aromatic rings. The van der Waals surface area contributed by atoms with Crippen LogP contribution in [-0.4, -0.2) is 25.2 Å². The molecule has 0 unspecified atom stereocenters. The Kier molecular flexibility index (Phi) is 4.64. The van der Waals surface area contributed by atoms with Crippen molar-refractivity contribution in [3.63, 3.8) is 0 Å². The van der Waals surface area contributed by atoms with Gasteiger partial charge in [-0.1, -0.05) is 15.9 Å². The van der Waals surface area contributed by atoms with Crippen LogP contribution in [0, 0.1) is 5.82 Å². The van der Waals surface area contributed by atoms with Crippen molar-refractivity contribution in [1.29, 1.82) is 0 Å². The normalized spacial score (nSPS) is 11.6. The van der Waals surface area contributed by atoms with Gasteiger partial charge in [-0.3, -0.25) is 4.79 Å². The molecule has 0 spiro atoms. The van der Waals surface area contributed by atoms with Crippen molar-refractivity contribution >= 4 is 21.7 Å². The molecule has 0 amide bonds. The molecule has 0 N–H and O–H groups in total. The lowest BCUT2D eigenvalue weighted by atomic mass is 10.1. The fraction of sp³-hybridized carbons (Fsp3) is 0.300.